The summed E-state index contributed by atoms with van der Waals surface area (Å²) >= 11 is 15.2. The van der Waals surface area contributed by atoms with Crippen LogP contribution in [0, 0.1) is 10.1 Å². The quantitative estimate of drug-likeness (QED) is 0.141. The summed E-state index contributed by atoms with van der Waals surface area (Å²) < 4.78 is 11.3. The first-order chi connectivity index (χ1) is 19.5. The topological polar surface area (TPSA) is 157 Å². The number of nitrogens with one attached hydrogen (secondary N) is 2. The van der Waals surface area contributed by atoms with Gasteiger partial charge < -0.3 is 14.8 Å². The van der Waals surface area contributed by atoms with Crippen molar-refractivity contribution in [2.45, 2.75) is 0 Å². The molecular weight excluding hydrogens is 647 g/mol. The van der Waals surface area contributed by atoms with Crippen LogP contribution in [0.1, 0.15) is 5.56 Å². The Balaban J connectivity index is 1.56. The molecule has 2 N–H and O–H groups in total. The van der Waals surface area contributed by atoms with Crippen LogP contribution in [-0.4, -0.2) is 42.4 Å². The predicted octanol–water partition coefficient (Wildman–Crippen LogP) is 5.36. The van der Waals surface area contributed by atoms with Gasteiger partial charge >= 0.3 is 6.03 Å². The van der Waals surface area contributed by atoms with E-state index in [1.54, 1.807) is 6.07 Å². The van der Waals surface area contributed by atoms with Crippen molar-refractivity contribution in [3.05, 3.63) is 90.4 Å². The van der Waals surface area contributed by atoms with E-state index < -0.39 is 40.9 Å². The number of carbonyl (C=O) groups excluding carboxylic acids is 4. The summed E-state index contributed by atoms with van der Waals surface area (Å²) in [4.78, 5) is 61.7. The molecule has 3 aromatic rings. The summed E-state index contributed by atoms with van der Waals surface area (Å²) in [5.41, 5.74) is -0.149. The summed E-state index contributed by atoms with van der Waals surface area (Å²) in [7, 11) is 1.35. The molecule has 0 aliphatic carbocycles. The fourth-order valence-electron chi connectivity index (χ4n) is 3.68. The fraction of sp³-hybridized carbons (Fsp3) is 0.0769. The van der Waals surface area contributed by atoms with E-state index in [4.69, 9.17) is 32.7 Å². The second-order valence-electron chi connectivity index (χ2n) is 8.23. The van der Waals surface area contributed by atoms with Gasteiger partial charge in [0.2, 0.25) is 0 Å². The van der Waals surface area contributed by atoms with Gasteiger partial charge in [-0.25, -0.2) is 9.69 Å². The SMILES string of the molecule is COc1cc(/C=C2/C(=O)NC(=O)N(c3cccc([N+](=O)[O-])c3)C2=O)cc(Br)c1OCC(=O)Nc1ccc(Cl)c(Cl)c1. The molecule has 0 spiro atoms. The lowest BCUT2D eigenvalue weighted by Crippen LogP contribution is -2.54. The van der Waals surface area contributed by atoms with Crippen LogP contribution >= 0.6 is 39.1 Å². The van der Waals surface area contributed by atoms with E-state index in [-0.39, 0.29) is 27.9 Å². The zero-order valence-corrected chi connectivity index (χ0v) is 23.9. The molecule has 5 amide bonds. The Morgan fingerprint density at radius 2 is 1.88 bits per heavy atom. The number of barbiturate groups is 1. The minimum absolute atomic E-state index is 0.0956. The number of hydrogen-bond acceptors (Lipinski definition) is 8. The Morgan fingerprint density at radius 3 is 2.56 bits per heavy atom. The van der Waals surface area contributed by atoms with Gasteiger partial charge in [0.25, 0.3) is 23.4 Å². The summed E-state index contributed by atoms with van der Waals surface area (Å²) in [5.74, 6) is -2.14. The van der Waals surface area contributed by atoms with Crippen LogP contribution in [0.15, 0.2) is 64.6 Å². The van der Waals surface area contributed by atoms with E-state index in [2.05, 4.69) is 26.6 Å². The molecule has 12 nitrogen and oxygen atoms in total. The van der Waals surface area contributed by atoms with Crippen LogP contribution in [0.4, 0.5) is 21.9 Å². The van der Waals surface area contributed by atoms with E-state index in [0.717, 1.165) is 6.07 Å². The molecule has 0 bridgehead atoms. The first-order valence-electron chi connectivity index (χ1n) is 11.4. The minimum Gasteiger partial charge on any atom is -0.493 e. The number of anilines is 2. The molecule has 1 fully saturated rings. The lowest BCUT2D eigenvalue weighted by atomic mass is 10.1. The number of nitro benzene ring substituents is 1. The van der Waals surface area contributed by atoms with E-state index in [0.29, 0.717) is 25.6 Å². The molecule has 210 valence electrons. The van der Waals surface area contributed by atoms with Crippen molar-refractivity contribution >= 4 is 86.0 Å². The average molecular weight is 664 g/mol. The van der Waals surface area contributed by atoms with Crippen molar-refractivity contribution in [3.8, 4) is 11.5 Å². The van der Waals surface area contributed by atoms with Crippen LogP contribution in [-0.2, 0) is 14.4 Å². The van der Waals surface area contributed by atoms with Gasteiger partial charge in [-0.3, -0.25) is 29.8 Å². The molecule has 0 radical (unpaired) electrons. The van der Waals surface area contributed by atoms with Gasteiger partial charge in [-0.15, -0.1) is 0 Å². The molecule has 0 atom stereocenters. The average Bonchev–Trinajstić information content (AvgIpc) is 2.92. The number of urea groups is 1. The van der Waals surface area contributed by atoms with Crippen molar-refractivity contribution in [3.63, 3.8) is 0 Å². The third-order valence-corrected chi connectivity index (χ3v) is 6.84. The highest BCUT2D eigenvalue weighted by Gasteiger charge is 2.37. The lowest BCUT2D eigenvalue weighted by Gasteiger charge is -2.26. The van der Waals surface area contributed by atoms with Crippen LogP contribution in [0.5, 0.6) is 11.5 Å². The van der Waals surface area contributed by atoms with Crippen molar-refractivity contribution in [1.29, 1.82) is 0 Å². The number of benzene rings is 3. The van der Waals surface area contributed by atoms with Gasteiger partial charge in [0.05, 0.1) is 32.2 Å². The molecule has 0 saturated carbocycles. The number of rotatable bonds is 8. The third-order valence-electron chi connectivity index (χ3n) is 5.51. The molecule has 0 aromatic heterocycles. The second-order valence-corrected chi connectivity index (χ2v) is 9.90. The number of methoxy groups -OCH3 is 1. The maximum atomic E-state index is 13.2. The zero-order chi connectivity index (χ0) is 29.8. The van der Waals surface area contributed by atoms with Gasteiger partial charge in [-0.2, -0.15) is 0 Å². The molecular formula is C26H17BrCl2N4O8. The number of halogens is 3. The van der Waals surface area contributed by atoms with E-state index in [1.165, 1.54) is 55.7 Å². The highest BCUT2D eigenvalue weighted by atomic mass is 79.9. The monoisotopic (exact) mass is 662 g/mol. The molecule has 1 saturated heterocycles. The largest absolute Gasteiger partial charge is 0.493 e. The Kier molecular flexibility index (Phi) is 8.91. The first kappa shape index (κ1) is 29.5. The lowest BCUT2D eigenvalue weighted by molar-refractivity contribution is -0.384. The number of nitrogens with zero attached hydrogens (tertiary/aromatic N) is 2. The molecule has 0 unspecified atom stereocenters. The van der Waals surface area contributed by atoms with Crippen LogP contribution in [0.25, 0.3) is 6.08 Å². The summed E-state index contributed by atoms with van der Waals surface area (Å²) in [6, 6.07) is 11.3. The van der Waals surface area contributed by atoms with Crippen molar-refractivity contribution in [2.24, 2.45) is 0 Å². The number of nitro groups is 1. The predicted molar refractivity (Wildman–Crippen MR) is 153 cm³/mol. The Morgan fingerprint density at radius 1 is 1.12 bits per heavy atom. The Bertz CT molecular complexity index is 1650. The Hall–Kier alpha value is -4.46. The maximum Gasteiger partial charge on any atom is 0.335 e. The van der Waals surface area contributed by atoms with Crippen molar-refractivity contribution in [2.75, 3.05) is 23.9 Å². The third kappa shape index (κ3) is 6.65. The molecule has 1 aliphatic rings. The number of carbonyl (C=O) groups is 4. The van der Waals surface area contributed by atoms with E-state index in [1.807, 2.05) is 0 Å². The van der Waals surface area contributed by atoms with Crippen LogP contribution < -0.4 is 25.0 Å². The highest BCUT2D eigenvalue weighted by molar-refractivity contribution is 9.10. The summed E-state index contributed by atoms with van der Waals surface area (Å²) in [5, 5.41) is 16.4. The first-order valence-corrected chi connectivity index (χ1v) is 12.9. The number of amides is 5. The molecule has 1 heterocycles. The highest BCUT2D eigenvalue weighted by Crippen LogP contribution is 2.38. The van der Waals surface area contributed by atoms with Gasteiger partial charge in [0, 0.05) is 17.8 Å². The van der Waals surface area contributed by atoms with Gasteiger partial charge in [-0.05, 0) is 64.0 Å². The van der Waals surface area contributed by atoms with Gasteiger partial charge in [0.1, 0.15) is 5.57 Å². The Labute approximate surface area is 250 Å². The molecule has 41 heavy (non-hydrogen) atoms. The number of imide groups is 2. The maximum absolute atomic E-state index is 13.2. The number of non-ortho nitro benzene ring substituents is 1. The van der Waals surface area contributed by atoms with Crippen molar-refractivity contribution in [1.82, 2.24) is 5.32 Å². The van der Waals surface area contributed by atoms with Crippen LogP contribution in [0.2, 0.25) is 10.0 Å². The molecule has 15 heteroatoms. The molecule has 1 aliphatic heterocycles. The standard InChI is InChI=1S/C26H17BrCl2N4O8/c1-40-21-9-13(8-18(27)23(21)41-12-22(34)30-14-5-6-19(28)20(29)10-14)7-17-24(35)31-26(37)32(25(17)36)15-3-2-4-16(11-15)33(38)39/h2-11H,12H2,1H3,(H,30,34)(H,31,35,37)/b17-7-. The van der Waals surface area contributed by atoms with Gasteiger partial charge in [-0.1, -0.05) is 29.3 Å². The summed E-state index contributed by atoms with van der Waals surface area (Å²) in [6.45, 7) is -0.406. The minimum atomic E-state index is -1.06. The summed E-state index contributed by atoms with van der Waals surface area (Å²) in [6.07, 6.45) is 1.21. The van der Waals surface area contributed by atoms with Crippen LogP contribution in [0.3, 0.4) is 0 Å². The fourth-order valence-corrected chi connectivity index (χ4v) is 4.55. The second kappa shape index (κ2) is 12.4. The molecule has 3 aromatic carbocycles. The zero-order valence-electron chi connectivity index (χ0n) is 20.8. The van der Waals surface area contributed by atoms with E-state index >= 15 is 0 Å². The van der Waals surface area contributed by atoms with Crippen molar-refractivity contribution < 1.29 is 33.6 Å². The molecule has 4 rings (SSSR count). The smallest absolute Gasteiger partial charge is 0.335 e. The van der Waals surface area contributed by atoms with Gasteiger partial charge in [0.15, 0.2) is 18.1 Å². The number of hydrogen-bond donors (Lipinski definition) is 2. The normalized spacial score (nSPS) is 14.1. The number of ether oxygens (including phenoxy) is 2. The van der Waals surface area contributed by atoms with E-state index in [9.17, 15) is 29.3 Å².